The summed E-state index contributed by atoms with van der Waals surface area (Å²) in [5, 5.41) is 12.8. The van der Waals surface area contributed by atoms with Crippen molar-refractivity contribution in [2.75, 3.05) is 18.4 Å². The first kappa shape index (κ1) is 17.3. The zero-order valence-electron chi connectivity index (χ0n) is 14.4. The topological polar surface area (TPSA) is 61.8 Å². The van der Waals surface area contributed by atoms with Crippen molar-refractivity contribution in [3.63, 3.8) is 0 Å². The van der Waals surface area contributed by atoms with E-state index < -0.39 is 6.10 Å². The Kier molecular flexibility index (Phi) is 5.56. The third kappa shape index (κ3) is 4.73. The van der Waals surface area contributed by atoms with Gasteiger partial charge in [-0.05, 0) is 42.2 Å². The van der Waals surface area contributed by atoms with E-state index in [-0.39, 0.29) is 11.9 Å². The number of β-amino-alcohol motifs (C(OH)–C–C–N with tert-alkyl or cyclic N) is 1. The standard InChI is InChI=1S/C20H24N2O3/c1-15-11-12-22(13-19(15)23)20(24)21-17-9-7-16(8-10-17)14-25-18-5-3-2-4-6-18/h2-10,15,19,23H,11-14H2,1H3,(H,21,24). The maximum Gasteiger partial charge on any atom is 0.321 e. The Balaban J connectivity index is 1.51. The highest BCUT2D eigenvalue weighted by Crippen LogP contribution is 2.19. The van der Waals surface area contributed by atoms with Crippen LogP contribution in [0.5, 0.6) is 5.75 Å². The van der Waals surface area contributed by atoms with Crippen LogP contribution in [0.3, 0.4) is 0 Å². The molecule has 0 bridgehead atoms. The van der Waals surface area contributed by atoms with Crippen molar-refractivity contribution in [1.82, 2.24) is 4.90 Å². The highest BCUT2D eigenvalue weighted by atomic mass is 16.5. The number of piperidine rings is 1. The smallest absolute Gasteiger partial charge is 0.321 e. The summed E-state index contributed by atoms with van der Waals surface area (Å²) < 4.78 is 5.71. The number of hydrogen-bond donors (Lipinski definition) is 2. The largest absolute Gasteiger partial charge is 0.489 e. The highest BCUT2D eigenvalue weighted by molar-refractivity contribution is 5.89. The lowest BCUT2D eigenvalue weighted by molar-refractivity contribution is 0.0464. The van der Waals surface area contributed by atoms with E-state index >= 15 is 0 Å². The molecule has 3 rings (SSSR count). The predicted octanol–water partition coefficient (Wildman–Crippen LogP) is 3.50. The molecule has 2 N–H and O–H groups in total. The maximum absolute atomic E-state index is 12.3. The molecule has 2 aromatic carbocycles. The van der Waals surface area contributed by atoms with E-state index in [0.29, 0.717) is 19.7 Å². The third-order valence-corrected chi connectivity index (χ3v) is 4.56. The van der Waals surface area contributed by atoms with E-state index in [2.05, 4.69) is 5.32 Å². The maximum atomic E-state index is 12.3. The lowest BCUT2D eigenvalue weighted by Crippen LogP contribution is -2.47. The van der Waals surface area contributed by atoms with Crippen LogP contribution in [-0.4, -0.2) is 35.2 Å². The Hall–Kier alpha value is -2.53. The molecule has 132 valence electrons. The zero-order valence-corrected chi connectivity index (χ0v) is 14.4. The van der Waals surface area contributed by atoms with E-state index in [9.17, 15) is 9.90 Å². The molecule has 1 heterocycles. The van der Waals surface area contributed by atoms with E-state index in [1.165, 1.54) is 0 Å². The first-order valence-electron chi connectivity index (χ1n) is 8.62. The SMILES string of the molecule is CC1CCN(C(=O)Nc2ccc(COc3ccccc3)cc2)CC1O. The minimum Gasteiger partial charge on any atom is -0.489 e. The van der Waals surface area contributed by atoms with Crippen LogP contribution < -0.4 is 10.1 Å². The molecule has 2 atom stereocenters. The highest BCUT2D eigenvalue weighted by Gasteiger charge is 2.27. The van der Waals surface area contributed by atoms with Crippen molar-refractivity contribution in [3.8, 4) is 5.75 Å². The van der Waals surface area contributed by atoms with E-state index in [1.807, 2.05) is 61.5 Å². The summed E-state index contributed by atoms with van der Waals surface area (Å²) in [6.45, 7) is 3.55. The number of para-hydroxylation sites is 1. The molecule has 5 heteroatoms. The van der Waals surface area contributed by atoms with Gasteiger partial charge in [-0.2, -0.15) is 0 Å². The summed E-state index contributed by atoms with van der Waals surface area (Å²) in [4.78, 5) is 14.0. The van der Waals surface area contributed by atoms with Gasteiger partial charge in [0, 0.05) is 18.8 Å². The number of ether oxygens (including phenoxy) is 1. The third-order valence-electron chi connectivity index (χ3n) is 4.56. The number of benzene rings is 2. The van der Waals surface area contributed by atoms with Crippen LogP contribution in [0.2, 0.25) is 0 Å². The minimum atomic E-state index is -0.447. The Morgan fingerprint density at radius 1 is 1.20 bits per heavy atom. The van der Waals surface area contributed by atoms with E-state index in [1.54, 1.807) is 4.90 Å². The first-order valence-corrected chi connectivity index (χ1v) is 8.62. The van der Waals surface area contributed by atoms with Crippen LogP contribution in [0.25, 0.3) is 0 Å². The molecule has 25 heavy (non-hydrogen) atoms. The molecule has 2 aromatic rings. The number of carbonyl (C=O) groups is 1. The number of aliphatic hydroxyl groups excluding tert-OH is 1. The quantitative estimate of drug-likeness (QED) is 0.895. The molecule has 0 saturated carbocycles. The molecule has 0 aliphatic carbocycles. The van der Waals surface area contributed by atoms with Crippen molar-refractivity contribution in [2.45, 2.75) is 26.1 Å². The molecule has 2 unspecified atom stereocenters. The number of anilines is 1. The number of aliphatic hydroxyl groups is 1. The summed E-state index contributed by atoms with van der Waals surface area (Å²) in [5.74, 6) is 1.07. The number of amides is 2. The number of carbonyl (C=O) groups excluding carboxylic acids is 1. The van der Waals surface area contributed by atoms with Gasteiger partial charge in [0.05, 0.1) is 6.10 Å². The van der Waals surface area contributed by atoms with Crippen molar-refractivity contribution in [3.05, 3.63) is 60.2 Å². The minimum absolute atomic E-state index is 0.167. The number of nitrogens with one attached hydrogen (secondary N) is 1. The molecule has 0 aromatic heterocycles. The molecule has 1 saturated heterocycles. The van der Waals surface area contributed by atoms with E-state index in [0.717, 1.165) is 23.4 Å². The molecule has 1 aliphatic rings. The van der Waals surface area contributed by atoms with Gasteiger partial charge < -0.3 is 20.1 Å². The zero-order chi connectivity index (χ0) is 17.6. The molecule has 2 amide bonds. The first-order chi connectivity index (χ1) is 12.1. The molecule has 1 fully saturated rings. The second kappa shape index (κ2) is 8.03. The number of urea groups is 1. The molecule has 5 nitrogen and oxygen atoms in total. The van der Waals surface area contributed by atoms with Crippen molar-refractivity contribution in [2.24, 2.45) is 5.92 Å². The van der Waals surface area contributed by atoms with Crippen LogP contribution in [0.4, 0.5) is 10.5 Å². The number of likely N-dealkylation sites (tertiary alicyclic amines) is 1. The summed E-state index contributed by atoms with van der Waals surface area (Å²) in [5.41, 5.74) is 1.77. The Bertz CT molecular complexity index is 688. The van der Waals surface area contributed by atoms with E-state index in [4.69, 9.17) is 4.74 Å². The average Bonchev–Trinajstić information content (AvgIpc) is 2.64. The Labute approximate surface area is 148 Å². The average molecular weight is 340 g/mol. The van der Waals surface area contributed by atoms with Gasteiger partial charge in [0.25, 0.3) is 0 Å². The van der Waals surface area contributed by atoms with Crippen molar-refractivity contribution in [1.29, 1.82) is 0 Å². The van der Waals surface area contributed by atoms with Gasteiger partial charge in [0.2, 0.25) is 0 Å². The van der Waals surface area contributed by atoms with Gasteiger partial charge in [-0.25, -0.2) is 4.79 Å². The molecule has 0 radical (unpaired) electrons. The normalized spacial score (nSPS) is 20.2. The van der Waals surface area contributed by atoms with Gasteiger partial charge in [0.1, 0.15) is 12.4 Å². The molecular formula is C20H24N2O3. The lowest BCUT2D eigenvalue weighted by Gasteiger charge is -2.34. The van der Waals surface area contributed by atoms with Crippen molar-refractivity contribution < 1.29 is 14.6 Å². The summed E-state index contributed by atoms with van der Waals surface area (Å²) in [6, 6.07) is 17.1. The summed E-state index contributed by atoms with van der Waals surface area (Å²) in [7, 11) is 0. The monoisotopic (exact) mass is 340 g/mol. The van der Waals surface area contributed by atoms with Crippen LogP contribution >= 0.6 is 0 Å². The van der Waals surface area contributed by atoms with Gasteiger partial charge in [-0.3, -0.25) is 0 Å². The summed E-state index contributed by atoms with van der Waals surface area (Å²) in [6.07, 6.45) is 0.377. The predicted molar refractivity (Wildman–Crippen MR) is 97.6 cm³/mol. The van der Waals surface area contributed by atoms with Crippen LogP contribution in [0.1, 0.15) is 18.9 Å². The fourth-order valence-corrected chi connectivity index (χ4v) is 2.80. The van der Waals surface area contributed by atoms with Gasteiger partial charge in [-0.15, -0.1) is 0 Å². The summed E-state index contributed by atoms with van der Waals surface area (Å²) >= 11 is 0. The van der Waals surface area contributed by atoms with Crippen LogP contribution in [-0.2, 0) is 6.61 Å². The van der Waals surface area contributed by atoms with Crippen LogP contribution in [0, 0.1) is 5.92 Å². The molecule has 0 spiro atoms. The van der Waals surface area contributed by atoms with Crippen LogP contribution in [0.15, 0.2) is 54.6 Å². The lowest BCUT2D eigenvalue weighted by atomic mass is 9.96. The number of hydrogen-bond acceptors (Lipinski definition) is 3. The van der Waals surface area contributed by atoms with Gasteiger partial charge in [-0.1, -0.05) is 37.3 Å². The fraction of sp³-hybridized carbons (Fsp3) is 0.350. The Morgan fingerprint density at radius 2 is 1.92 bits per heavy atom. The second-order valence-corrected chi connectivity index (χ2v) is 6.51. The number of rotatable bonds is 4. The second-order valence-electron chi connectivity index (χ2n) is 6.51. The molecule has 1 aliphatic heterocycles. The fourth-order valence-electron chi connectivity index (χ4n) is 2.80. The number of nitrogens with zero attached hydrogens (tertiary/aromatic N) is 1. The van der Waals surface area contributed by atoms with Gasteiger partial charge in [0.15, 0.2) is 0 Å². The van der Waals surface area contributed by atoms with Crippen molar-refractivity contribution >= 4 is 11.7 Å². The Morgan fingerprint density at radius 3 is 2.60 bits per heavy atom. The molecular weight excluding hydrogens is 316 g/mol. The van der Waals surface area contributed by atoms with Gasteiger partial charge >= 0.3 is 6.03 Å².